The number of oxime groups is 1. The van der Waals surface area contributed by atoms with E-state index in [-0.39, 0.29) is 35.1 Å². The fraction of sp³-hybridized carbons (Fsp3) is 0.350. The van der Waals surface area contributed by atoms with Crippen molar-refractivity contribution in [3.8, 4) is 0 Å². The van der Waals surface area contributed by atoms with Crippen LogP contribution in [0, 0.1) is 6.92 Å². The Morgan fingerprint density at radius 2 is 1.88 bits per heavy atom. The third kappa shape index (κ3) is 6.48. The minimum atomic E-state index is -4.11. The number of carbonyl (C=O) groups excluding carboxylic acids is 1. The van der Waals surface area contributed by atoms with E-state index in [4.69, 9.17) is 22.0 Å². The molecule has 1 amide bonds. The minimum Gasteiger partial charge on any atom is -0.393 e. The number of aryl methyl sites for hydroxylation is 2. The van der Waals surface area contributed by atoms with Gasteiger partial charge in [-0.3, -0.25) is 14.3 Å². The van der Waals surface area contributed by atoms with Crippen LogP contribution in [0.5, 0.6) is 0 Å². The Hall–Kier alpha value is -3.54. The van der Waals surface area contributed by atoms with Crippen molar-refractivity contribution in [3.05, 3.63) is 57.5 Å². The second-order valence-corrected chi connectivity index (χ2v) is 8.89. The van der Waals surface area contributed by atoms with Gasteiger partial charge in [0.1, 0.15) is 12.3 Å². The van der Waals surface area contributed by atoms with Crippen LogP contribution in [-0.2, 0) is 26.1 Å². The number of pyridine rings is 1. The summed E-state index contributed by atoms with van der Waals surface area (Å²) in [5.74, 6) is -2.10. The van der Waals surface area contributed by atoms with Gasteiger partial charge in [0, 0.05) is 5.69 Å². The number of nitrogens with one attached hydrogen (secondary N) is 2. The Balaban J connectivity index is 2.41. The summed E-state index contributed by atoms with van der Waals surface area (Å²) in [6, 6.07) is 7.84. The van der Waals surface area contributed by atoms with Gasteiger partial charge in [-0.2, -0.15) is 0 Å². The highest BCUT2D eigenvalue weighted by molar-refractivity contribution is 7.92. The average molecular weight is 465 g/mol. The summed E-state index contributed by atoms with van der Waals surface area (Å²) in [6.45, 7) is 3.53. The quantitative estimate of drug-likeness (QED) is 0.139. The summed E-state index contributed by atoms with van der Waals surface area (Å²) >= 11 is 0. The molecule has 0 saturated carbocycles. The summed E-state index contributed by atoms with van der Waals surface area (Å²) in [4.78, 5) is 32.2. The van der Waals surface area contributed by atoms with E-state index in [0.717, 1.165) is 18.4 Å². The molecule has 0 bridgehead atoms. The van der Waals surface area contributed by atoms with Crippen LogP contribution in [0.2, 0.25) is 0 Å². The smallest absolute Gasteiger partial charge is 0.272 e. The van der Waals surface area contributed by atoms with Crippen LogP contribution in [0.3, 0.4) is 0 Å². The van der Waals surface area contributed by atoms with Crippen LogP contribution in [0.15, 0.2) is 45.2 Å². The minimum absolute atomic E-state index is 0.00937. The van der Waals surface area contributed by atoms with Gasteiger partial charge >= 0.3 is 0 Å². The van der Waals surface area contributed by atoms with E-state index in [0.29, 0.717) is 5.69 Å². The Morgan fingerprint density at radius 3 is 2.44 bits per heavy atom. The van der Waals surface area contributed by atoms with Crippen LogP contribution >= 0.6 is 0 Å². The summed E-state index contributed by atoms with van der Waals surface area (Å²) < 4.78 is 28.2. The van der Waals surface area contributed by atoms with Gasteiger partial charge in [0.05, 0.1) is 10.8 Å². The van der Waals surface area contributed by atoms with E-state index >= 15 is 0 Å². The maximum absolute atomic E-state index is 12.9. The number of hydrogen-bond acceptors (Lipinski definition) is 6. The number of anilines is 1. The van der Waals surface area contributed by atoms with Crippen molar-refractivity contribution in [1.29, 1.82) is 0 Å². The molecule has 0 spiro atoms. The molecule has 2 rings (SSSR count). The van der Waals surface area contributed by atoms with Gasteiger partial charge in [-0.25, -0.2) is 8.42 Å². The SMILES string of the molecule is CCCc1ccc(S(=O)(=O)Nc2c(C(CCON=C(N)N)C(N)=O)cc(C)[nH]c2=O)cc1. The molecule has 0 radical (unpaired) electrons. The average Bonchev–Trinajstić information content (AvgIpc) is 2.70. The fourth-order valence-corrected chi connectivity index (χ4v) is 4.24. The number of aromatic nitrogens is 1. The molecule has 1 aromatic heterocycles. The monoisotopic (exact) mass is 464 g/mol. The lowest BCUT2D eigenvalue weighted by Gasteiger charge is -2.18. The highest BCUT2D eigenvalue weighted by atomic mass is 32.2. The number of H-pyrrole nitrogens is 1. The summed E-state index contributed by atoms with van der Waals surface area (Å²) in [6.07, 6.45) is 1.75. The van der Waals surface area contributed by atoms with E-state index in [9.17, 15) is 18.0 Å². The molecule has 0 saturated heterocycles. The second kappa shape index (κ2) is 10.7. The number of aromatic amines is 1. The van der Waals surface area contributed by atoms with Crippen molar-refractivity contribution in [2.24, 2.45) is 22.4 Å². The van der Waals surface area contributed by atoms with E-state index in [1.54, 1.807) is 19.1 Å². The van der Waals surface area contributed by atoms with Crippen molar-refractivity contribution in [2.75, 3.05) is 11.3 Å². The molecule has 1 unspecified atom stereocenters. The number of nitrogens with two attached hydrogens (primary N) is 3. The van der Waals surface area contributed by atoms with E-state index in [2.05, 4.69) is 14.9 Å². The molecule has 8 N–H and O–H groups in total. The first-order chi connectivity index (χ1) is 15.0. The number of amides is 1. The topological polar surface area (TPSA) is 196 Å². The standard InChI is InChI=1S/C20H28N6O5S/c1-3-4-13-5-7-14(8-6-13)32(29,30)26-17-16(11-12(2)24-19(17)28)15(18(21)27)9-10-31-25-20(22)23/h5-8,11,15,26H,3-4,9-10H2,1-2H3,(H2,21,27)(H,24,28)(H4,22,23,25). The van der Waals surface area contributed by atoms with Crippen LogP contribution < -0.4 is 27.5 Å². The highest BCUT2D eigenvalue weighted by Gasteiger charge is 2.26. The Kier molecular flexibility index (Phi) is 8.24. The molecular weight excluding hydrogens is 436 g/mol. The summed E-state index contributed by atoms with van der Waals surface area (Å²) in [5.41, 5.74) is 16.4. The predicted molar refractivity (Wildman–Crippen MR) is 121 cm³/mol. The maximum atomic E-state index is 12.9. The van der Waals surface area contributed by atoms with Gasteiger partial charge in [0.25, 0.3) is 15.6 Å². The molecule has 0 aliphatic heterocycles. The molecule has 32 heavy (non-hydrogen) atoms. The fourth-order valence-electron chi connectivity index (χ4n) is 3.15. The lowest BCUT2D eigenvalue weighted by molar-refractivity contribution is -0.119. The normalized spacial score (nSPS) is 12.1. The second-order valence-electron chi connectivity index (χ2n) is 7.20. The number of sulfonamides is 1. The first-order valence-corrected chi connectivity index (χ1v) is 11.4. The van der Waals surface area contributed by atoms with E-state index in [1.165, 1.54) is 18.2 Å². The van der Waals surface area contributed by atoms with E-state index < -0.39 is 27.4 Å². The number of benzene rings is 1. The first-order valence-electron chi connectivity index (χ1n) is 9.91. The highest BCUT2D eigenvalue weighted by Crippen LogP contribution is 2.27. The Labute approximate surface area is 186 Å². The molecule has 174 valence electrons. The summed E-state index contributed by atoms with van der Waals surface area (Å²) in [7, 11) is -4.11. The van der Waals surface area contributed by atoms with Gasteiger partial charge in [-0.1, -0.05) is 25.5 Å². The molecule has 0 fully saturated rings. The molecule has 12 heteroatoms. The van der Waals surface area contributed by atoms with Crippen molar-refractivity contribution in [3.63, 3.8) is 0 Å². The Morgan fingerprint density at radius 1 is 1.22 bits per heavy atom. The molecule has 0 aliphatic carbocycles. The molecule has 11 nitrogen and oxygen atoms in total. The predicted octanol–water partition coefficient (Wildman–Crippen LogP) is 0.601. The summed E-state index contributed by atoms with van der Waals surface area (Å²) in [5, 5.41) is 3.37. The number of hydrogen-bond donors (Lipinski definition) is 5. The molecule has 2 aromatic rings. The first kappa shape index (κ1) is 24.7. The molecular formula is C20H28N6O5S. The Bertz CT molecular complexity index is 1140. The molecule has 1 heterocycles. The zero-order chi connectivity index (χ0) is 23.9. The van der Waals surface area contributed by atoms with Gasteiger partial charge in [-0.05, 0) is 54.2 Å². The number of nitrogens with zero attached hydrogens (tertiary/aromatic N) is 1. The van der Waals surface area contributed by atoms with Crippen LogP contribution in [0.4, 0.5) is 5.69 Å². The van der Waals surface area contributed by atoms with Crippen molar-refractivity contribution in [2.45, 2.75) is 43.9 Å². The van der Waals surface area contributed by atoms with Crippen LogP contribution in [0.1, 0.15) is 42.5 Å². The lowest BCUT2D eigenvalue weighted by Crippen LogP contribution is -2.29. The third-order valence-corrected chi connectivity index (χ3v) is 5.96. The maximum Gasteiger partial charge on any atom is 0.272 e. The van der Waals surface area contributed by atoms with Crippen molar-refractivity contribution >= 4 is 27.6 Å². The lowest BCUT2D eigenvalue weighted by atomic mass is 9.94. The van der Waals surface area contributed by atoms with Gasteiger partial charge in [0.2, 0.25) is 11.9 Å². The number of primary amides is 1. The zero-order valence-corrected chi connectivity index (χ0v) is 18.7. The van der Waals surface area contributed by atoms with Gasteiger partial charge in [-0.15, -0.1) is 0 Å². The molecule has 1 aromatic carbocycles. The number of carbonyl (C=O) groups is 1. The number of rotatable bonds is 11. The molecule has 1 atom stereocenters. The van der Waals surface area contributed by atoms with Crippen LogP contribution in [0.25, 0.3) is 0 Å². The van der Waals surface area contributed by atoms with Crippen LogP contribution in [-0.4, -0.2) is 31.9 Å². The van der Waals surface area contributed by atoms with E-state index in [1.807, 2.05) is 6.92 Å². The molecule has 0 aliphatic rings. The largest absolute Gasteiger partial charge is 0.393 e. The zero-order valence-electron chi connectivity index (χ0n) is 17.9. The van der Waals surface area contributed by atoms with Crippen molar-refractivity contribution < 1.29 is 18.0 Å². The number of guanidine groups is 1. The van der Waals surface area contributed by atoms with Gasteiger partial charge in [0.15, 0.2) is 0 Å². The van der Waals surface area contributed by atoms with Crippen molar-refractivity contribution in [1.82, 2.24) is 4.98 Å². The van der Waals surface area contributed by atoms with Gasteiger partial charge < -0.3 is 27.0 Å². The third-order valence-electron chi connectivity index (χ3n) is 4.59.